The molecule has 5 heteroatoms. The summed E-state index contributed by atoms with van der Waals surface area (Å²) in [6.45, 7) is 7.48. The lowest BCUT2D eigenvalue weighted by molar-refractivity contribution is -0.162. The third-order valence-corrected chi connectivity index (χ3v) is 10.8. The Hall–Kier alpha value is -3.44. The van der Waals surface area contributed by atoms with Crippen LogP contribution >= 0.6 is 0 Å². The van der Waals surface area contributed by atoms with Gasteiger partial charge in [-0.3, -0.25) is 9.59 Å². The van der Waals surface area contributed by atoms with Gasteiger partial charge in [-0.1, -0.05) is 214 Å². The van der Waals surface area contributed by atoms with E-state index in [9.17, 15) is 9.59 Å². The lowest BCUT2D eigenvalue weighted by Gasteiger charge is -2.18. The lowest BCUT2D eigenvalue weighted by Crippen LogP contribution is -2.30. The van der Waals surface area contributed by atoms with Gasteiger partial charge in [0.05, 0.1) is 6.61 Å². The molecular weight excluding hydrogens is 789 g/mol. The molecule has 0 bridgehead atoms. The largest absolute Gasteiger partial charge is 0.462 e. The topological polar surface area (TPSA) is 61.8 Å². The van der Waals surface area contributed by atoms with Gasteiger partial charge in [-0.05, 0) is 109 Å². The number of hydrogen-bond acceptors (Lipinski definition) is 5. The van der Waals surface area contributed by atoms with E-state index < -0.39 is 6.10 Å². The molecule has 364 valence electrons. The van der Waals surface area contributed by atoms with Crippen LogP contribution in [0, 0.1) is 0 Å². The number of hydrogen-bond donors (Lipinski definition) is 0. The second kappa shape index (κ2) is 53.9. The van der Waals surface area contributed by atoms with Crippen LogP contribution in [0.3, 0.4) is 0 Å². The monoisotopic (exact) mass is 887 g/mol. The normalized spacial score (nSPS) is 13.1. The molecule has 0 saturated heterocycles. The smallest absolute Gasteiger partial charge is 0.306 e. The van der Waals surface area contributed by atoms with Gasteiger partial charge in [0.2, 0.25) is 0 Å². The number of rotatable bonds is 47. The molecule has 1 atom stereocenters. The molecular formula is C59H98O5. The minimum atomic E-state index is -0.590. The summed E-state index contributed by atoms with van der Waals surface area (Å²) in [5.74, 6) is -0.514. The molecule has 64 heavy (non-hydrogen) atoms. The summed E-state index contributed by atoms with van der Waals surface area (Å²) in [4.78, 5) is 25.4. The molecule has 5 nitrogen and oxygen atoms in total. The number of carbonyl (C=O) groups excluding carboxylic acids is 2. The molecule has 0 aromatic heterocycles. The van der Waals surface area contributed by atoms with E-state index in [1.165, 1.54) is 96.3 Å². The maximum absolute atomic E-state index is 12.8. The molecule has 0 aromatic carbocycles. The van der Waals surface area contributed by atoms with E-state index in [1.54, 1.807) is 0 Å². The Labute approximate surface area is 395 Å². The van der Waals surface area contributed by atoms with Crippen LogP contribution in [0.15, 0.2) is 109 Å². The van der Waals surface area contributed by atoms with Crippen LogP contribution in [-0.4, -0.2) is 37.9 Å². The van der Waals surface area contributed by atoms with Crippen molar-refractivity contribution >= 4 is 11.9 Å². The van der Waals surface area contributed by atoms with E-state index in [-0.39, 0.29) is 31.6 Å². The van der Waals surface area contributed by atoms with Crippen LogP contribution in [0.4, 0.5) is 0 Å². The van der Waals surface area contributed by atoms with Crippen molar-refractivity contribution in [1.29, 1.82) is 0 Å². The minimum absolute atomic E-state index is 0.0409. The first-order chi connectivity index (χ1) is 31.6. The second-order valence-electron chi connectivity index (χ2n) is 17.0. The van der Waals surface area contributed by atoms with Crippen molar-refractivity contribution in [1.82, 2.24) is 0 Å². The molecule has 0 amide bonds. The number of ether oxygens (including phenoxy) is 3. The van der Waals surface area contributed by atoms with Crippen LogP contribution in [0.1, 0.15) is 226 Å². The molecule has 0 radical (unpaired) electrons. The summed E-state index contributed by atoms with van der Waals surface area (Å²) < 4.78 is 17.3. The Morgan fingerprint density at radius 2 is 0.734 bits per heavy atom. The summed E-state index contributed by atoms with van der Waals surface area (Å²) in [5, 5.41) is 0. The van der Waals surface area contributed by atoms with Gasteiger partial charge in [-0.25, -0.2) is 0 Å². The average Bonchev–Trinajstić information content (AvgIpc) is 3.30. The first-order valence-corrected chi connectivity index (χ1v) is 26.4. The van der Waals surface area contributed by atoms with Gasteiger partial charge in [0.1, 0.15) is 6.61 Å². The third kappa shape index (κ3) is 51.2. The highest BCUT2D eigenvalue weighted by molar-refractivity contribution is 5.70. The molecule has 1 unspecified atom stereocenters. The summed E-state index contributed by atoms with van der Waals surface area (Å²) in [6, 6.07) is 0. The highest BCUT2D eigenvalue weighted by Crippen LogP contribution is 2.13. The molecule has 0 heterocycles. The van der Waals surface area contributed by atoms with Gasteiger partial charge in [0.25, 0.3) is 0 Å². The van der Waals surface area contributed by atoms with Crippen LogP contribution in [0.2, 0.25) is 0 Å². The molecule has 0 aliphatic rings. The average molecular weight is 887 g/mol. The van der Waals surface area contributed by atoms with E-state index in [4.69, 9.17) is 14.2 Å². The molecule has 0 aliphatic heterocycles. The summed E-state index contributed by atoms with van der Waals surface area (Å²) in [5.41, 5.74) is 0. The molecule has 0 N–H and O–H groups in total. The third-order valence-electron chi connectivity index (χ3n) is 10.8. The highest BCUT2D eigenvalue weighted by Gasteiger charge is 2.17. The Morgan fingerprint density at radius 3 is 1.20 bits per heavy atom. The second-order valence-corrected chi connectivity index (χ2v) is 17.0. The highest BCUT2D eigenvalue weighted by atomic mass is 16.6. The van der Waals surface area contributed by atoms with E-state index in [1.807, 2.05) is 6.08 Å². The molecule has 0 spiro atoms. The van der Waals surface area contributed by atoms with Crippen molar-refractivity contribution in [3.8, 4) is 0 Å². The van der Waals surface area contributed by atoms with Gasteiger partial charge in [0.15, 0.2) is 6.10 Å². The number of carbonyl (C=O) groups is 2. The van der Waals surface area contributed by atoms with Crippen molar-refractivity contribution in [2.75, 3.05) is 19.8 Å². The zero-order chi connectivity index (χ0) is 46.3. The fraction of sp³-hybridized carbons (Fsp3) is 0.661. The van der Waals surface area contributed by atoms with E-state index in [2.05, 4.69) is 124 Å². The van der Waals surface area contributed by atoms with Gasteiger partial charge >= 0.3 is 11.9 Å². The zero-order valence-electron chi connectivity index (χ0n) is 41.8. The van der Waals surface area contributed by atoms with Crippen molar-refractivity contribution in [2.24, 2.45) is 0 Å². The van der Waals surface area contributed by atoms with Gasteiger partial charge in [-0.15, -0.1) is 0 Å². The predicted molar refractivity (Wildman–Crippen MR) is 279 cm³/mol. The van der Waals surface area contributed by atoms with E-state index in [0.29, 0.717) is 19.4 Å². The van der Waals surface area contributed by atoms with Crippen LogP contribution < -0.4 is 0 Å². The van der Waals surface area contributed by atoms with Crippen LogP contribution in [-0.2, 0) is 23.8 Å². The van der Waals surface area contributed by atoms with Crippen molar-refractivity contribution in [3.05, 3.63) is 109 Å². The van der Waals surface area contributed by atoms with Gasteiger partial charge < -0.3 is 14.2 Å². The Bertz CT molecular complexity index is 1280. The Morgan fingerprint density at radius 1 is 0.359 bits per heavy atom. The maximum Gasteiger partial charge on any atom is 0.306 e. The van der Waals surface area contributed by atoms with E-state index in [0.717, 1.165) is 89.9 Å². The predicted octanol–water partition coefficient (Wildman–Crippen LogP) is 18.0. The minimum Gasteiger partial charge on any atom is -0.462 e. The summed E-state index contributed by atoms with van der Waals surface area (Å²) in [6.07, 6.45) is 74.0. The number of allylic oxidation sites excluding steroid dienone is 18. The van der Waals surface area contributed by atoms with Crippen LogP contribution in [0.5, 0.6) is 0 Å². The molecule has 0 aromatic rings. The van der Waals surface area contributed by atoms with Crippen LogP contribution in [0.25, 0.3) is 0 Å². The van der Waals surface area contributed by atoms with Gasteiger partial charge in [-0.2, -0.15) is 0 Å². The van der Waals surface area contributed by atoms with E-state index >= 15 is 0 Å². The maximum atomic E-state index is 12.8. The first-order valence-electron chi connectivity index (χ1n) is 26.4. The number of unbranched alkanes of at least 4 members (excludes halogenated alkanes) is 18. The standard InChI is InChI=1S/C59H98O5/c1-4-7-10-13-16-19-22-25-27-29-30-31-32-35-37-40-43-46-49-52-58(60)63-56-57(64-59(61)53-50-47-44-41-38-34-24-21-18-15-12-9-6-3)55-62-54-51-48-45-42-39-36-33-28-26-23-20-17-14-11-8-5-2/h7,9-10,12,16,18-19,21,25-28,30-31,34,38,44,47,57H,4-6,8,11,13-15,17,20,22-24,29,32-33,35-37,39-43,45-46,48-56H2,1-3H3/b10-7-,12-9-,19-16-,21-18-,27-25-,28-26-,31-30-,38-34-,47-44-. The fourth-order valence-electron chi connectivity index (χ4n) is 6.92. The van der Waals surface area contributed by atoms with Crippen molar-refractivity contribution in [2.45, 2.75) is 232 Å². The quantitative estimate of drug-likeness (QED) is 0.0346. The first kappa shape index (κ1) is 60.6. The molecule has 0 rings (SSSR count). The Kier molecular flexibility index (Phi) is 51.0. The summed E-state index contributed by atoms with van der Waals surface area (Å²) >= 11 is 0. The summed E-state index contributed by atoms with van der Waals surface area (Å²) in [7, 11) is 0. The zero-order valence-corrected chi connectivity index (χ0v) is 41.8. The molecule has 0 aliphatic carbocycles. The Balaban J connectivity index is 4.38. The van der Waals surface area contributed by atoms with Gasteiger partial charge in [0, 0.05) is 19.4 Å². The fourth-order valence-corrected chi connectivity index (χ4v) is 6.92. The SMILES string of the molecule is CC/C=C\C/C=C\C/C=C\C/C=C\CCCCCCCCC(=O)OCC(COCCCCCCCC/C=C\CCCCCCCC)OC(=O)CC/C=C\C/C=C\C/C=C\C/C=C\CC. The molecule has 0 saturated carbocycles. The number of esters is 2. The van der Waals surface area contributed by atoms with Crippen molar-refractivity contribution in [3.63, 3.8) is 0 Å². The lowest BCUT2D eigenvalue weighted by atomic mass is 10.1. The molecule has 0 fully saturated rings. The van der Waals surface area contributed by atoms with Crippen molar-refractivity contribution < 1.29 is 23.8 Å².